The summed E-state index contributed by atoms with van der Waals surface area (Å²) in [5, 5.41) is 0. The Kier molecular flexibility index (Phi) is 3.74. The van der Waals surface area contributed by atoms with Gasteiger partial charge in [0.1, 0.15) is 5.75 Å². The molecule has 0 aliphatic carbocycles. The normalized spacial score (nSPS) is 11.6. The summed E-state index contributed by atoms with van der Waals surface area (Å²) in [5.41, 5.74) is 1.36. The fourth-order valence-corrected chi connectivity index (χ4v) is 1.26. The molecule has 0 radical (unpaired) electrons. The Morgan fingerprint density at radius 1 is 1.12 bits per heavy atom. The molecule has 0 aliphatic heterocycles. The number of hydrogen-bond donors (Lipinski definition) is 0. The lowest BCUT2D eigenvalue weighted by molar-refractivity contribution is -0.137. The van der Waals surface area contributed by atoms with Gasteiger partial charge in [-0.05, 0) is 23.1 Å². The van der Waals surface area contributed by atoms with Gasteiger partial charge in [0.25, 0.3) is 0 Å². The topological polar surface area (TPSA) is 26.3 Å². The maximum atomic E-state index is 11.4. The van der Waals surface area contributed by atoms with Crippen LogP contribution in [0, 0.1) is 5.92 Å². The minimum atomic E-state index is -0.191. The van der Waals surface area contributed by atoms with E-state index in [-0.39, 0.29) is 17.3 Å². The Labute approximate surface area is 97.6 Å². The standard InChI is InChI=1S/C14H20O2/c1-10(2)13(15)16-12-8-6-11(7-9-12)14(3,4)5/h6-10H,1-5H3. The van der Waals surface area contributed by atoms with Gasteiger partial charge in [-0.2, -0.15) is 0 Å². The van der Waals surface area contributed by atoms with E-state index in [1.54, 1.807) is 0 Å². The van der Waals surface area contributed by atoms with Crippen LogP contribution in [0.2, 0.25) is 0 Å². The van der Waals surface area contributed by atoms with E-state index in [1.165, 1.54) is 5.56 Å². The molecule has 0 unspecified atom stereocenters. The van der Waals surface area contributed by atoms with Crippen LogP contribution in [-0.4, -0.2) is 5.97 Å². The SMILES string of the molecule is CC(C)C(=O)Oc1ccc(C(C)(C)C)cc1. The molecule has 88 valence electrons. The first-order valence-corrected chi connectivity index (χ1v) is 5.63. The van der Waals surface area contributed by atoms with E-state index in [9.17, 15) is 4.79 Å². The van der Waals surface area contributed by atoms with E-state index in [0.29, 0.717) is 5.75 Å². The van der Waals surface area contributed by atoms with E-state index in [4.69, 9.17) is 4.74 Å². The molecule has 0 aromatic heterocycles. The molecule has 16 heavy (non-hydrogen) atoms. The van der Waals surface area contributed by atoms with Crippen molar-refractivity contribution >= 4 is 5.97 Å². The summed E-state index contributed by atoms with van der Waals surface area (Å²) in [5.74, 6) is 0.331. The lowest BCUT2D eigenvalue weighted by Crippen LogP contribution is -2.15. The van der Waals surface area contributed by atoms with Crippen LogP contribution in [-0.2, 0) is 10.2 Å². The van der Waals surface area contributed by atoms with Crippen molar-refractivity contribution < 1.29 is 9.53 Å². The van der Waals surface area contributed by atoms with Crippen molar-refractivity contribution in [2.45, 2.75) is 40.0 Å². The molecule has 0 aliphatic rings. The summed E-state index contributed by atoms with van der Waals surface area (Å²) in [7, 11) is 0. The third-order valence-electron chi connectivity index (χ3n) is 2.41. The molecule has 2 heteroatoms. The van der Waals surface area contributed by atoms with Gasteiger partial charge in [-0.1, -0.05) is 46.8 Å². The van der Waals surface area contributed by atoms with Crippen LogP contribution in [0.4, 0.5) is 0 Å². The van der Waals surface area contributed by atoms with E-state index in [1.807, 2.05) is 38.1 Å². The van der Waals surface area contributed by atoms with Crippen molar-refractivity contribution in [3.05, 3.63) is 29.8 Å². The molecular weight excluding hydrogens is 200 g/mol. The van der Waals surface area contributed by atoms with Crippen molar-refractivity contribution in [2.24, 2.45) is 5.92 Å². The zero-order chi connectivity index (χ0) is 12.3. The largest absolute Gasteiger partial charge is 0.426 e. The van der Waals surface area contributed by atoms with Gasteiger partial charge in [-0.15, -0.1) is 0 Å². The van der Waals surface area contributed by atoms with Crippen molar-refractivity contribution in [2.75, 3.05) is 0 Å². The van der Waals surface area contributed by atoms with Gasteiger partial charge in [0, 0.05) is 0 Å². The average molecular weight is 220 g/mol. The quantitative estimate of drug-likeness (QED) is 0.563. The Morgan fingerprint density at radius 2 is 1.62 bits per heavy atom. The van der Waals surface area contributed by atoms with Crippen LogP contribution in [0.15, 0.2) is 24.3 Å². The van der Waals surface area contributed by atoms with Crippen LogP contribution >= 0.6 is 0 Å². The van der Waals surface area contributed by atoms with E-state index >= 15 is 0 Å². The van der Waals surface area contributed by atoms with Gasteiger partial charge >= 0.3 is 5.97 Å². The summed E-state index contributed by atoms with van der Waals surface area (Å²) >= 11 is 0. The van der Waals surface area contributed by atoms with Crippen LogP contribution < -0.4 is 4.74 Å². The number of rotatable bonds is 2. The zero-order valence-electron chi connectivity index (χ0n) is 10.7. The Balaban J connectivity index is 2.76. The molecule has 0 bridgehead atoms. The van der Waals surface area contributed by atoms with Crippen molar-refractivity contribution in [3.63, 3.8) is 0 Å². The van der Waals surface area contributed by atoms with Crippen molar-refractivity contribution in [1.29, 1.82) is 0 Å². The maximum absolute atomic E-state index is 11.4. The first-order valence-electron chi connectivity index (χ1n) is 5.63. The van der Waals surface area contributed by atoms with Gasteiger partial charge in [0.2, 0.25) is 0 Å². The molecule has 0 spiro atoms. The highest BCUT2D eigenvalue weighted by Gasteiger charge is 2.14. The second kappa shape index (κ2) is 4.69. The van der Waals surface area contributed by atoms with Gasteiger partial charge in [0.15, 0.2) is 0 Å². The maximum Gasteiger partial charge on any atom is 0.313 e. The van der Waals surface area contributed by atoms with Crippen LogP contribution in [0.3, 0.4) is 0 Å². The lowest BCUT2D eigenvalue weighted by atomic mass is 9.87. The number of carbonyl (C=O) groups excluding carboxylic acids is 1. The second-order valence-electron chi connectivity index (χ2n) is 5.35. The molecule has 0 saturated heterocycles. The zero-order valence-corrected chi connectivity index (χ0v) is 10.7. The van der Waals surface area contributed by atoms with Crippen LogP contribution in [0.1, 0.15) is 40.2 Å². The summed E-state index contributed by atoms with van der Waals surface area (Å²) < 4.78 is 5.20. The third-order valence-corrected chi connectivity index (χ3v) is 2.41. The highest BCUT2D eigenvalue weighted by atomic mass is 16.5. The smallest absolute Gasteiger partial charge is 0.313 e. The summed E-state index contributed by atoms with van der Waals surface area (Å²) in [6.45, 7) is 10.1. The van der Waals surface area contributed by atoms with Crippen molar-refractivity contribution in [3.8, 4) is 5.75 Å². The molecule has 1 aromatic carbocycles. The number of carbonyl (C=O) groups is 1. The fraction of sp³-hybridized carbons (Fsp3) is 0.500. The number of benzene rings is 1. The monoisotopic (exact) mass is 220 g/mol. The minimum absolute atomic E-state index is 0.0951. The Morgan fingerprint density at radius 3 is 2.00 bits per heavy atom. The van der Waals surface area contributed by atoms with Crippen LogP contribution in [0.5, 0.6) is 5.75 Å². The van der Waals surface area contributed by atoms with E-state index in [2.05, 4.69) is 20.8 Å². The van der Waals surface area contributed by atoms with E-state index in [0.717, 1.165) is 0 Å². The highest BCUT2D eigenvalue weighted by Crippen LogP contribution is 2.24. The molecule has 1 aromatic rings. The number of ether oxygens (including phenoxy) is 1. The first kappa shape index (κ1) is 12.8. The summed E-state index contributed by atoms with van der Waals surface area (Å²) in [6, 6.07) is 7.70. The molecule has 2 nitrogen and oxygen atoms in total. The molecule has 0 heterocycles. The van der Waals surface area contributed by atoms with Crippen molar-refractivity contribution in [1.82, 2.24) is 0 Å². The molecule has 0 saturated carbocycles. The molecule has 0 fully saturated rings. The minimum Gasteiger partial charge on any atom is -0.426 e. The predicted octanol–water partition coefficient (Wildman–Crippen LogP) is 3.55. The van der Waals surface area contributed by atoms with Gasteiger partial charge in [0.05, 0.1) is 5.92 Å². The van der Waals surface area contributed by atoms with Gasteiger partial charge in [-0.3, -0.25) is 4.79 Å². The summed E-state index contributed by atoms with van der Waals surface area (Å²) in [4.78, 5) is 11.4. The molecular formula is C14H20O2. The lowest BCUT2D eigenvalue weighted by Gasteiger charge is -2.19. The molecule has 0 N–H and O–H groups in total. The Bertz CT molecular complexity index is 355. The Hall–Kier alpha value is -1.31. The summed E-state index contributed by atoms with van der Waals surface area (Å²) in [6.07, 6.45) is 0. The molecule has 1 rings (SSSR count). The van der Waals surface area contributed by atoms with E-state index < -0.39 is 0 Å². The molecule has 0 amide bonds. The average Bonchev–Trinajstić information content (AvgIpc) is 2.17. The second-order valence-corrected chi connectivity index (χ2v) is 5.35. The first-order chi connectivity index (χ1) is 7.30. The van der Waals surface area contributed by atoms with Crippen LogP contribution in [0.25, 0.3) is 0 Å². The van der Waals surface area contributed by atoms with Gasteiger partial charge in [-0.25, -0.2) is 0 Å². The predicted molar refractivity (Wildman–Crippen MR) is 65.6 cm³/mol. The number of esters is 1. The fourth-order valence-electron chi connectivity index (χ4n) is 1.26. The third kappa shape index (κ3) is 3.37. The molecule has 0 atom stereocenters. The van der Waals surface area contributed by atoms with Gasteiger partial charge < -0.3 is 4.74 Å². The highest BCUT2D eigenvalue weighted by molar-refractivity contribution is 5.74. The number of hydrogen-bond acceptors (Lipinski definition) is 2.